The van der Waals surface area contributed by atoms with Gasteiger partial charge in [-0.05, 0) is 12.1 Å². The standard InChI is InChI=1S/C10H11Cl2NO2/c1-15-10(8(11)12)13-9(14)7-5-3-2-4-6-7/h2-6,8,10H,1H3,(H,13,14). The Morgan fingerprint density at radius 3 is 2.40 bits per heavy atom. The maximum Gasteiger partial charge on any atom is 0.253 e. The maximum absolute atomic E-state index is 11.6. The van der Waals surface area contributed by atoms with Crippen molar-refractivity contribution in [2.75, 3.05) is 7.11 Å². The fraction of sp³-hybridized carbons (Fsp3) is 0.300. The van der Waals surface area contributed by atoms with E-state index in [1.54, 1.807) is 24.3 Å². The molecule has 0 saturated carbocycles. The molecule has 0 aliphatic heterocycles. The highest BCUT2D eigenvalue weighted by Gasteiger charge is 2.18. The van der Waals surface area contributed by atoms with Crippen LogP contribution in [0.3, 0.4) is 0 Å². The number of rotatable bonds is 4. The summed E-state index contributed by atoms with van der Waals surface area (Å²) in [6, 6.07) is 8.76. The van der Waals surface area contributed by atoms with Gasteiger partial charge in [0.1, 0.15) is 0 Å². The molecular formula is C10H11Cl2NO2. The number of hydrogen-bond donors (Lipinski definition) is 1. The Morgan fingerprint density at radius 2 is 1.93 bits per heavy atom. The highest BCUT2D eigenvalue weighted by Crippen LogP contribution is 2.09. The zero-order chi connectivity index (χ0) is 11.3. The van der Waals surface area contributed by atoms with E-state index < -0.39 is 11.1 Å². The number of hydrogen-bond acceptors (Lipinski definition) is 2. The third-order valence-corrected chi connectivity index (χ3v) is 2.25. The van der Waals surface area contributed by atoms with Gasteiger partial charge in [-0.2, -0.15) is 0 Å². The largest absolute Gasteiger partial charge is 0.359 e. The number of benzene rings is 1. The van der Waals surface area contributed by atoms with Crippen molar-refractivity contribution in [3.05, 3.63) is 35.9 Å². The predicted molar refractivity (Wildman–Crippen MR) is 60.2 cm³/mol. The van der Waals surface area contributed by atoms with E-state index in [0.717, 1.165) is 0 Å². The summed E-state index contributed by atoms with van der Waals surface area (Å²) in [6.45, 7) is 0. The minimum Gasteiger partial charge on any atom is -0.359 e. The summed E-state index contributed by atoms with van der Waals surface area (Å²) in [5.41, 5.74) is 0.536. The zero-order valence-electron chi connectivity index (χ0n) is 8.11. The van der Waals surface area contributed by atoms with Gasteiger partial charge in [-0.25, -0.2) is 0 Å². The molecule has 1 N–H and O–H groups in total. The summed E-state index contributed by atoms with van der Waals surface area (Å²) in [4.78, 5) is 10.8. The minimum absolute atomic E-state index is 0.270. The number of alkyl halides is 2. The van der Waals surface area contributed by atoms with Crippen molar-refractivity contribution in [1.29, 1.82) is 0 Å². The van der Waals surface area contributed by atoms with Crippen molar-refractivity contribution in [1.82, 2.24) is 5.32 Å². The van der Waals surface area contributed by atoms with Crippen molar-refractivity contribution in [2.45, 2.75) is 11.1 Å². The van der Waals surface area contributed by atoms with Crippen LogP contribution in [0.1, 0.15) is 10.4 Å². The number of amides is 1. The summed E-state index contributed by atoms with van der Waals surface area (Å²) in [5, 5.41) is 2.56. The monoisotopic (exact) mass is 247 g/mol. The molecule has 0 spiro atoms. The Balaban J connectivity index is 2.63. The molecule has 1 aromatic carbocycles. The summed E-state index contributed by atoms with van der Waals surface area (Å²) < 4.78 is 4.91. The Bertz CT molecular complexity index is 316. The van der Waals surface area contributed by atoms with Crippen LogP contribution >= 0.6 is 23.2 Å². The van der Waals surface area contributed by atoms with E-state index in [-0.39, 0.29) is 5.91 Å². The van der Waals surface area contributed by atoms with E-state index in [1.807, 2.05) is 6.07 Å². The second kappa shape index (κ2) is 5.95. The van der Waals surface area contributed by atoms with Crippen molar-refractivity contribution in [3.8, 4) is 0 Å². The van der Waals surface area contributed by atoms with E-state index in [4.69, 9.17) is 27.9 Å². The van der Waals surface area contributed by atoms with Crippen LogP contribution in [-0.4, -0.2) is 24.1 Å². The van der Waals surface area contributed by atoms with E-state index in [0.29, 0.717) is 5.56 Å². The van der Waals surface area contributed by atoms with Crippen LogP contribution in [0.25, 0.3) is 0 Å². The molecule has 1 atom stereocenters. The van der Waals surface area contributed by atoms with Crippen molar-refractivity contribution >= 4 is 29.1 Å². The molecule has 3 nitrogen and oxygen atoms in total. The molecule has 0 heterocycles. The van der Waals surface area contributed by atoms with Crippen LogP contribution in [0, 0.1) is 0 Å². The van der Waals surface area contributed by atoms with Crippen molar-refractivity contribution in [3.63, 3.8) is 0 Å². The number of methoxy groups -OCH3 is 1. The Kier molecular flexibility index (Phi) is 4.88. The second-order valence-electron chi connectivity index (χ2n) is 2.83. The Morgan fingerprint density at radius 1 is 1.33 bits per heavy atom. The average molecular weight is 248 g/mol. The first-order chi connectivity index (χ1) is 7.15. The van der Waals surface area contributed by atoms with E-state index in [2.05, 4.69) is 5.32 Å². The van der Waals surface area contributed by atoms with Gasteiger partial charge >= 0.3 is 0 Å². The van der Waals surface area contributed by atoms with Gasteiger partial charge in [0, 0.05) is 12.7 Å². The molecule has 0 aromatic heterocycles. The number of carbonyl (C=O) groups excluding carboxylic acids is 1. The van der Waals surface area contributed by atoms with Gasteiger partial charge in [0.15, 0.2) is 11.1 Å². The summed E-state index contributed by atoms with van der Waals surface area (Å²) in [7, 11) is 1.42. The molecule has 0 bridgehead atoms. The van der Waals surface area contributed by atoms with Gasteiger partial charge in [0.25, 0.3) is 5.91 Å². The molecule has 0 fully saturated rings. The van der Waals surface area contributed by atoms with Gasteiger partial charge in [-0.15, -0.1) is 23.2 Å². The smallest absolute Gasteiger partial charge is 0.253 e. The Hall–Kier alpha value is -0.770. The minimum atomic E-state index is -0.803. The van der Waals surface area contributed by atoms with E-state index in [1.165, 1.54) is 7.11 Å². The van der Waals surface area contributed by atoms with E-state index >= 15 is 0 Å². The second-order valence-corrected chi connectivity index (χ2v) is 3.99. The molecule has 1 rings (SSSR count). The quantitative estimate of drug-likeness (QED) is 0.655. The lowest BCUT2D eigenvalue weighted by molar-refractivity contribution is 0.0636. The normalized spacial score (nSPS) is 12.5. The fourth-order valence-electron chi connectivity index (χ4n) is 1.03. The lowest BCUT2D eigenvalue weighted by atomic mass is 10.2. The maximum atomic E-state index is 11.6. The van der Waals surface area contributed by atoms with Crippen LogP contribution in [0.4, 0.5) is 0 Å². The first-order valence-electron chi connectivity index (χ1n) is 4.32. The molecule has 82 valence electrons. The van der Waals surface area contributed by atoms with Crippen LogP contribution < -0.4 is 5.32 Å². The number of halogens is 2. The average Bonchev–Trinajstić information content (AvgIpc) is 2.26. The van der Waals surface area contributed by atoms with Crippen LogP contribution in [0.5, 0.6) is 0 Å². The molecule has 1 aromatic rings. The highest BCUT2D eigenvalue weighted by molar-refractivity contribution is 6.44. The molecule has 1 amide bonds. The Labute approximate surface area is 98.3 Å². The summed E-state index contributed by atoms with van der Waals surface area (Å²) in [6.07, 6.45) is -0.707. The van der Waals surface area contributed by atoms with Crippen molar-refractivity contribution < 1.29 is 9.53 Å². The lowest BCUT2D eigenvalue weighted by Crippen LogP contribution is -2.40. The summed E-state index contributed by atoms with van der Waals surface area (Å²) in [5.74, 6) is -0.270. The van der Waals surface area contributed by atoms with Crippen LogP contribution in [0.2, 0.25) is 0 Å². The first kappa shape index (κ1) is 12.3. The lowest BCUT2D eigenvalue weighted by Gasteiger charge is -2.17. The molecule has 0 saturated heterocycles. The van der Waals surface area contributed by atoms with Crippen molar-refractivity contribution in [2.24, 2.45) is 0 Å². The number of ether oxygens (including phenoxy) is 1. The van der Waals surface area contributed by atoms with Gasteiger partial charge < -0.3 is 10.1 Å². The molecular weight excluding hydrogens is 237 g/mol. The SMILES string of the molecule is COC(NC(=O)c1ccccc1)C(Cl)Cl. The van der Waals surface area contributed by atoms with Gasteiger partial charge in [-0.3, -0.25) is 4.79 Å². The third-order valence-electron chi connectivity index (χ3n) is 1.79. The first-order valence-corrected chi connectivity index (χ1v) is 5.19. The zero-order valence-corrected chi connectivity index (χ0v) is 9.63. The van der Waals surface area contributed by atoms with Gasteiger partial charge in [0.2, 0.25) is 0 Å². The summed E-state index contributed by atoms with van der Waals surface area (Å²) >= 11 is 11.2. The van der Waals surface area contributed by atoms with Crippen LogP contribution in [-0.2, 0) is 4.74 Å². The molecule has 1 unspecified atom stereocenters. The predicted octanol–water partition coefficient (Wildman–Crippen LogP) is 2.19. The number of carbonyl (C=O) groups is 1. The van der Waals surface area contributed by atoms with Crippen LogP contribution in [0.15, 0.2) is 30.3 Å². The fourth-order valence-corrected chi connectivity index (χ4v) is 1.36. The molecule has 0 aliphatic carbocycles. The van der Waals surface area contributed by atoms with Gasteiger partial charge in [-0.1, -0.05) is 18.2 Å². The molecule has 15 heavy (non-hydrogen) atoms. The molecule has 5 heteroatoms. The van der Waals surface area contributed by atoms with E-state index in [9.17, 15) is 4.79 Å². The highest BCUT2D eigenvalue weighted by atomic mass is 35.5. The molecule has 0 aliphatic rings. The molecule has 0 radical (unpaired) electrons. The topological polar surface area (TPSA) is 38.3 Å². The van der Waals surface area contributed by atoms with Gasteiger partial charge in [0.05, 0.1) is 0 Å². The number of nitrogens with one attached hydrogen (secondary N) is 1. The third kappa shape index (κ3) is 3.70.